The zero-order valence-corrected chi connectivity index (χ0v) is 14.5. The first-order valence-corrected chi connectivity index (χ1v) is 8.30. The van der Waals surface area contributed by atoms with E-state index in [4.69, 9.17) is 5.73 Å². The van der Waals surface area contributed by atoms with E-state index in [1.807, 2.05) is 6.20 Å². The van der Waals surface area contributed by atoms with Crippen LogP contribution < -0.4 is 5.73 Å². The van der Waals surface area contributed by atoms with Crippen molar-refractivity contribution in [3.8, 4) is 0 Å². The van der Waals surface area contributed by atoms with Gasteiger partial charge in [-0.1, -0.05) is 0 Å². The minimum atomic E-state index is 0.172. The molecule has 0 radical (unpaired) electrons. The summed E-state index contributed by atoms with van der Waals surface area (Å²) in [5.74, 6) is 0. The molecule has 1 atom stereocenters. The normalized spacial score (nSPS) is 12.9. The van der Waals surface area contributed by atoms with Crippen molar-refractivity contribution in [1.29, 1.82) is 0 Å². The topological polar surface area (TPSA) is 42.1 Å². The summed E-state index contributed by atoms with van der Waals surface area (Å²) in [6.45, 7) is 1.45. The van der Waals surface area contributed by atoms with E-state index in [-0.39, 0.29) is 6.04 Å². The molecule has 0 bridgehead atoms. The van der Waals surface area contributed by atoms with Gasteiger partial charge in [0.15, 0.2) is 0 Å². The maximum atomic E-state index is 5.92. The molecular weight excluding hydrogens is 390 g/mol. The fourth-order valence-electron chi connectivity index (χ4n) is 1.97. The average Bonchev–Trinajstić information content (AvgIpc) is 2.75. The lowest BCUT2D eigenvalue weighted by Gasteiger charge is -2.26. The standard InChI is InChI=1S/C13H15Br2N3S/c1-18(7-12-3-11(15)8-19-12)13(4-16)9-2-10(14)6-17-5-9/h2-3,5-6,8,13H,4,7,16H2,1H3. The second-order valence-corrected chi connectivity index (χ2v) is 7.16. The van der Waals surface area contributed by atoms with Crippen LogP contribution in [0, 0.1) is 0 Å². The van der Waals surface area contributed by atoms with E-state index in [1.165, 1.54) is 4.88 Å². The van der Waals surface area contributed by atoms with E-state index < -0.39 is 0 Å². The van der Waals surface area contributed by atoms with Gasteiger partial charge >= 0.3 is 0 Å². The molecule has 0 saturated heterocycles. The van der Waals surface area contributed by atoms with Crippen molar-refractivity contribution >= 4 is 43.2 Å². The van der Waals surface area contributed by atoms with Crippen molar-refractivity contribution < 1.29 is 0 Å². The van der Waals surface area contributed by atoms with E-state index in [0.717, 1.165) is 21.1 Å². The molecule has 0 aliphatic carbocycles. The van der Waals surface area contributed by atoms with Crippen molar-refractivity contribution in [3.63, 3.8) is 0 Å². The van der Waals surface area contributed by atoms with Gasteiger partial charge in [-0.15, -0.1) is 11.3 Å². The van der Waals surface area contributed by atoms with Crippen molar-refractivity contribution in [2.45, 2.75) is 12.6 Å². The molecule has 0 aromatic carbocycles. The van der Waals surface area contributed by atoms with Gasteiger partial charge in [0.2, 0.25) is 0 Å². The number of halogens is 2. The van der Waals surface area contributed by atoms with Gasteiger partial charge in [0.05, 0.1) is 0 Å². The Hall–Kier alpha value is -0.270. The Balaban J connectivity index is 2.12. The third-order valence-corrected chi connectivity index (χ3v) is 5.01. The van der Waals surface area contributed by atoms with E-state index in [2.05, 4.69) is 66.3 Å². The van der Waals surface area contributed by atoms with E-state index >= 15 is 0 Å². The number of rotatable bonds is 5. The number of pyridine rings is 1. The third kappa shape index (κ3) is 4.10. The lowest BCUT2D eigenvalue weighted by molar-refractivity contribution is 0.243. The molecular formula is C13H15Br2N3S. The van der Waals surface area contributed by atoms with Crippen LogP contribution in [0.15, 0.2) is 38.9 Å². The Kier molecular flexibility index (Phi) is 5.53. The number of hydrogen-bond acceptors (Lipinski definition) is 4. The van der Waals surface area contributed by atoms with E-state index in [0.29, 0.717) is 6.54 Å². The number of likely N-dealkylation sites (N-methyl/N-ethyl adjacent to an activating group) is 1. The van der Waals surface area contributed by atoms with Crippen molar-refractivity contribution in [1.82, 2.24) is 9.88 Å². The van der Waals surface area contributed by atoms with Gasteiger partial charge in [0.1, 0.15) is 0 Å². The quantitative estimate of drug-likeness (QED) is 0.823. The molecule has 0 spiro atoms. The summed E-state index contributed by atoms with van der Waals surface area (Å²) in [5.41, 5.74) is 7.06. The molecule has 2 aromatic heterocycles. The maximum absolute atomic E-state index is 5.92. The number of hydrogen-bond donors (Lipinski definition) is 1. The molecule has 0 aliphatic heterocycles. The lowest BCUT2D eigenvalue weighted by atomic mass is 10.1. The molecule has 2 N–H and O–H groups in total. The zero-order valence-electron chi connectivity index (χ0n) is 10.5. The SMILES string of the molecule is CN(Cc1cc(Br)cs1)C(CN)c1cncc(Br)c1. The van der Waals surface area contributed by atoms with Gasteiger partial charge in [-0.25, -0.2) is 0 Å². The van der Waals surface area contributed by atoms with Crippen molar-refractivity contribution in [2.24, 2.45) is 5.73 Å². The molecule has 102 valence electrons. The highest BCUT2D eigenvalue weighted by atomic mass is 79.9. The Morgan fingerprint density at radius 1 is 1.32 bits per heavy atom. The summed E-state index contributed by atoms with van der Waals surface area (Å²) in [6.07, 6.45) is 3.66. The molecule has 0 aliphatic rings. The largest absolute Gasteiger partial charge is 0.329 e. The average molecular weight is 405 g/mol. The first-order chi connectivity index (χ1) is 9.10. The van der Waals surface area contributed by atoms with Gasteiger partial charge in [-0.05, 0) is 56.6 Å². The maximum Gasteiger partial charge on any atom is 0.0486 e. The van der Waals surface area contributed by atoms with Crippen LogP contribution in [-0.4, -0.2) is 23.5 Å². The van der Waals surface area contributed by atoms with E-state index in [9.17, 15) is 0 Å². The number of nitrogens with two attached hydrogens (primary N) is 1. The first-order valence-electron chi connectivity index (χ1n) is 5.84. The van der Waals surface area contributed by atoms with Gasteiger partial charge in [0.25, 0.3) is 0 Å². The van der Waals surface area contributed by atoms with Gasteiger partial charge in [-0.2, -0.15) is 0 Å². The third-order valence-electron chi connectivity index (χ3n) is 2.89. The van der Waals surface area contributed by atoms with Crippen LogP contribution in [0.25, 0.3) is 0 Å². The second-order valence-electron chi connectivity index (χ2n) is 4.33. The molecule has 0 fully saturated rings. The predicted molar refractivity (Wildman–Crippen MR) is 87.2 cm³/mol. The molecule has 2 rings (SSSR count). The Morgan fingerprint density at radius 2 is 2.11 bits per heavy atom. The highest BCUT2D eigenvalue weighted by molar-refractivity contribution is 9.10. The minimum Gasteiger partial charge on any atom is -0.329 e. The van der Waals surface area contributed by atoms with Crippen LogP contribution in [0.5, 0.6) is 0 Å². The number of aromatic nitrogens is 1. The summed E-state index contributed by atoms with van der Waals surface area (Å²) in [7, 11) is 2.09. The highest BCUT2D eigenvalue weighted by Crippen LogP contribution is 2.25. The van der Waals surface area contributed by atoms with Crippen LogP contribution in [-0.2, 0) is 6.54 Å². The molecule has 2 aromatic rings. The molecule has 0 amide bonds. The smallest absolute Gasteiger partial charge is 0.0486 e. The Morgan fingerprint density at radius 3 is 2.68 bits per heavy atom. The number of thiophene rings is 1. The van der Waals surface area contributed by atoms with Crippen molar-refractivity contribution in [2.75, 3.05) is 13.6 Å². The summed E-state index contributed by atoms with van der Waals surface area (Å²) in [5, 5.41) is 2.10. The Bertz CT molecular complexity index is 544. The molecule has 19 heavy (non-hydrogen) atoms. The number of nitrogens with zero attached hydrogens (tertiary/aromatic N) is 2. The minimum absolute atomic E-state index is 0.172. The summed E-state index contributed by atoms with van der Waals surface area (Å²) < 4.78 is 2.12. The molecule has 6 heteroatoms. The van der Waals surface area contributed by atoms with Gasteiger partial charge in [-0.3, -0.25) is 9.88 Å². The van der Waals surface area contributed by atoms with Crippen LogP contribution in [0.3, 0.4) is 0 Å². The fraction of sp³-hybridized carbons (Fsp3) is 0.308. The van der Waals surface area contributed by atoms with Crippen LogP contribution in [0.2, 0.25) is 0 Å². The van der Waals surface area contributed by atoms with Gasteiger partial charge < -0.3 is 5.73 Å². The molecule has 2 heterocycles. The van der Waals surface area contributed by atoms with Crippen molar-refractivity contribution in [3.05, 3.63) is 49.3 Å². The summed E-state index contributed by atoms with van der Waals surface area (Å²) in [4.78, 5) is 7.78. The zero-order chi connectivity index (χ0) is 13.8. The predicted octanol–water partition coefficient (Wildman–Crippen LogP) is 3.80. The van der Waals surface area contributed by atoms with Crippen LogP contribution >= 0.6 is 43.2 Å². The molecule has 1 unspecified atom stereocenters. The molecule has 0 saturated carbocycles. The van der Waals surface area contributed by atoms with Crippen LogP contribution in [0.4, 0.5) is 0 Å². The summed E-state index contributed by atoms with van der Waals surface area (Å²) in [6, 6.07) is 4.39. The monoisotopic (exact) mass is 403 g/mol. The lowest BCUT2D eigenvalue weighted by Crippen LogP contribution is -2.30. The highest BCUT2D eigenvalue weighted by Gasteiger charge is 2.17. The Labute approximate surface area is 134 Å². The second kappa shape index (κ2) is 6.95. The van der Waals surface area contributed by atoms with Gasteiger partial charge in [0, 0.05) is 50.7 Å². The summed E-state index contributed by atoms with van der Waals surface area (Å²) >= 11 is 8.68. The first kappa shape index (κ1) is 15.1. The fourth-order valence-corrected chi connectivity index (χ4v) is 3.87. The van der Waals surface area contributed by atoms with E-state index in [1.54, 1.807) is 17.5 Å². The van der Waals surface area contributed by atoms with Crippen LogP contribution in [0.1, 0.15) is 16.5 Å². The molecule has 3 nitrogen and oxygen atoms in total.